The molecule has 2 atom stereocenters. The molecule has 142 valence electrons. The molecule has 5 nitrogen and oxygen atoms in total. The molecule has 7 heteroatoms. The molecule has 0 aliphatic heterocycles. The highest BCUT2D eigenvalue weighted by molar-refractivity contribution is 14.0. The quantitative estimate of drug-likeness (QED) is 0.187. The highest BCUT2D eigenvalue weighted by Gasteiger charge is 2.45. The first-order valence-electron chi connectivity index (χ1n) is 9.12. The van der Waals surface area contributed by atoms with Crippen LogP contribution in [0.3, 0.4) is 0 Å². The highest BCUT2D eigenvalue weighted by Crippen LogP contribution is 2.41. The van der Waals surface area contributed by atoms with E-state index in [0.717, 1.165) is 63.2 Å². The van der Waals surface area contributed by atoms with Crippen molar-refractivity contribution in [3.05, 3.63) is 0 Å². The zero-order chi connectivity index (χ0) is 16.5. The number of nitrogens with one attached hydrogen (secondary N) is 2. The molecular weight excluding hydrogens is 437 g/mol. The van der Waals surface area contributed by atoms with Crippen LogP contribution in [-0.4, -0.2) is 60.5 Å². The van der Waals surface area contributed by atoms with Gasteiger partial charge in [0.25, 0.3) is 0 Å². The molecule has 2 aliphatic rings. The van der Waals surface area contributed by atoms with Crippen LogP contribution >= 0.6 is 35.7 Å². The van der Waals surface area contributed by atoms with Crippen molar-refractivity contribution in [3.63, 3.8) is 0 Å². The zero-order valence-corrected chi connectivity index (χ0v) is 18.2. The maximum Gasteiger partial charge on any atom is 0.191 e. The number of aliphatic imine (C=N–C) groups is 1. The second kappa shape index (κ2) is 11.8. The molecule has 0 aromatic carbocycles. The number of thioether (sulfide) groups is 1. The van der Waals surface area contributed by atoms with Crippen molar-refractivity contribution < 1.29 is 9.84 Å². The molecule has 0 aromatic heterocycles. The van der Waals surface area contributed by atoms with Crippen molar-refractivity contribution >= 4 is 41.7 Å². The summed E-state index contributed by atoms with van der Waals surface area (Å²) in [6.07, 6.45) is 5.64. The first-order chi connectivity index (χ1) is 11.2. The Labute approximate surface area is 168 Å². The molecule has 0 saturated heterocycles. The van der Waals surface area contributed by atoms with Crippen LogP contribution in [0.4, 0.5) is 0 Å². The second-order valence-electron chi connectivity index (χ2n) is 6.58. The lowest BCUT2D eigenvalue weighted by Crippen LogP contribution is -2.53. The molecule has 24 heavy (non-hydrogen) atoms. The average Bonchev–Trinajstić information content (AvgIpc) is 3.36. The van der Waals surface area contributed by atoms with Crippen LogP contribution in [0, 0.1) is 5.92 Å². The zero-order valence-electron chi connectivity index (χ0n) is 15.1. The van der Waals surface area contributed by atoms with Crippen LogP contribution in [0.5, 0.6) is 0 Å². The van der Waals surface area contributed by atoms with Crippen LogP contribution < -0.4 is 10.6 Å². The van der Waals surface area contributed by atoms with E-state index in [9.17, 15) is 5.11 Å². The molecule has 2 fully saturated rings. The number of aliphatic hydroxyl groups is 1. The van der Waals surface area contributed by atoms with E-state index in [1.54, 1.807) is 0 Å². The van der Waals surface area contributed by atoms with Gasteiger partial charge >= 0.3 is 0 Å². The Balaban J connectivity index is 0.00000288. The second-order valence-corrected chi connectivity index (χ2v) is 8.06. The fraction of sp³-hybridized carbons (Fsp3) is 0.941. The Kier molecular flexibility index (Phi) is 11.0. The Bertz CT molecular complexity index is 383. The molecule has 2 rings (SSSR count). The van der Waals surface area contributed by atoms with E-state index in [1.165, 1.54) is 12.8 Å². The summed E-state index contributed by atoms with van der Waals surface area (Å²) in [5.41, 5.74) is -0.615. The van der Waals surface area contributed by atoms with Crippen LogP contribution in [0.1, 0.15) is 46.0 Å². The summed E-state index contributed by atoms with van der Waals surface area (Å²) in [6, 6.07) is 0. The van der Waals surface area contributed by atoms with Crippen LogP contribution in [0.2, 0.25) is 0 Å². The Hall–Kier alpha value is 0.270. The van der Waals surface area contributed by atoms with Gasteiger partial charge in [0.05, 0.1) is 12.1 Å². The molecule has 2 aliphatic carbocycles. The largest absolute Gasteiger partial charge is 0.387 e. The number of guanidine groups is 1. The number of nitrogens with zero attached hydrogens (tertiary/aromatic N) is 1. The molecule has 0 radical (unpaired) electrons. The van der Waals surface area contributed by atoms with Gasteiger partial charge in [-0.3, -0.25) is 4.99 Å². The van der Waals surface area contributed by atoms with Crippen molar-refractivity contribution in [1.82, 2.24) is 10.6 Å². The fourth-order valence-corrected chi connectivity index (χ4v) is 3.88. The molecule has 0 bridgehead atoms. The minimum Gasteiger partial charge on any atom is -0.387 e. The van der Waals surface area contributed by atoms with E-state index in [2.05, 4.69) is 29.5 Å². The van der Waals surface area contributed by atoms with Gasteiger partial charge in [-0.25, -0.2) is 0 Å². The van der Waals surface area contributed by atoms with Gasteiger partial charge in [-0.15, -0.1) is 24.0 Å². The normalized spacial score (nSPS) is 26.5. The van der Waals surface area contributed by atoms with Crippen LogP contribution in [-0.2, 0) is 4.74 Å². The summed E-state index contributed by atoms with van der Waals surface area (Å²) in [7, 11) is 0. The Morgan fingerprint density at radius 2 is 2.08 bits per heavy atom. The predicted molar refractivity (Wildman–Crippen MR) is 114 cm³/mol. The minimum absolute atomic E-state index is 0. The SMILES string of the molecule is CCNC(=NCC1(O)CCC1SCC)NCCCOCC1CC1.I. The van der Waals surface area contributed by atoms with Gasteiger partial charge in [0.2, 0.25) is 0 Å². The van der Waals surface area contributed by atoms with Crippen molar-refractivity contribution in [2.45, 2.75) is 56.8 Å². The molecule has 0 spiro atoms. The summed E-state index contributed by atoms with van der Waals surface area (Å²) in [5, 5.41) is 17.5. The number of hydrogen-bond acceptors (Lipinski definition) is 4. The topological polar surface area (TPSA) is 65.9 Å². The standard InChI is InChI=1S/C17H33N3O2S.HI/c1-3-18-16(19-10-5-11-22-12-14-6-7-14)20-13-17(21)9-8-15(17)23-4-2;/h14-15,21H,3-13H2,1-2H3,(H2,18,19,20);1H. The summed E-state index contributed by atoms with van der Waals surface area (Å²) in [4.78, 5) is 4.59. The van der Waals surface area contributed by atoms with Gasteiger partial charge in [-0.2, -0.15) is 11.8 Å². The maximum atomic E-state index is 10.6. The summed E-state index contributed by atoms with van der Waals surface area (Å²) < 4.78 is 5.64. The number of hydrogen-bond donors (Lipinski definition) is 3. The minimum atomic E-state index is -0.615. The van der Waals surface area contributed by atoms with E-state index >= 15 is 0 Å². The third-order valence-electron chi connectivity index (χ3n) is 4.47. The van der Waals surface area contributed by atoms with Gasteiger partial charge in [0.1, 0.15) is 0 Å². The van der Waals surface area contributed by atoms with Gasteiger partial charge in [-0.1, -0.05) is 6.92 Å². The highest BCUT2D eigenvalue weighted by atomic mass is 127. The van der Waals surface area contributed by atoms with E-state index < -0.39 is 5.60 Å². The van der Waals surface area contributed by atoms with E-state index in [1.807, 2.05) is 11.8 Å². The van der Waals surface area contributed by atoms with Crippen LogP contribution in [0.15, 0.2) is 4.99 Å². The summed E-state index contributed by atoms with van der Waals surface area (Å²) >= 11 is 1.85. The Morgan fingerprint density at radius 1 is 1.29 bits per heavy atom. The fourth-order valence-electron chi connectivity index (χ4n) is 2.69. The molecule has 2 unspecified atom stereocenters. The first-order valence-corrected chi connectivity index (χ1v) is 10.2. The monoisotopic (exact) mass is 471 g/mol. The van der Waals surface area contributed by atoms with E-state index in [0.29, 0.717) is 11.8 Å². The molecule has 2 saturated carbocycles. The molecule has 0 heterocycles. The molecule has 3 N–H and O–H groups in total. The lowest BCUT2D eigenvalue weighted by atomic mass is 9.79. The van der Waals surface area contributed by atoms with Gasteiger partial charge in [-0.05, 0) is 50.7 Å². The van der Waals surface area contributed by atoms with Crippen molar-refractivity contribution in [2.75, 3.05) is 38.6 Å². The molecular formula is C17H34IN3O2S. The third kappa shape index (κ3) is 7.66. The van der Waals surface area contributed by atoms with Crippen LogP contribution in [0.25, 0.3) is 0 Å². The number of ether oxygens (including phenoxy) is 1. The third-order valence-corrected chi connectivity index (χ3v) is 5.88. The Morgan fingerprint density at radius 3 is 2.67 bits per heavy atom. The van der Waals surface area contributed by atoms with Crippen molar-refractivity contribution in [3.8, 4) is 0 Å². The van der Waals surface area contributed by atoms with E-state index in [-0.39, 0.29) is 24.0 Å². The van der Waals surface area contributed by atoms with Gasteiger partial charge in [0.15, 0.2) is 5.96 Å². The smallest absolute Gasteiger partial charge is 0.191 e. The summed E-state index contributed by atoms with van der Waals surface area (Å²) in [6.45, 7) is 8.10. The molecule has 0 aromatic rings. The van der Waals surface area contributed by atoms with Gasteiger partial charge in [0, 0.05) is 31.6 Å². The lowest BCUT2D eigenvalue weighted by Gasteiger charge is -2.44. The number of halogens is 1. The first kappa shape index (κ1) is 22.3. The van der Waals surface area contributed by atoms with E-state index in [4.69, 9.17) is 4.74 Å². The summed E-state index contributed by atoms with van der Waals surface area (Å²) in [5.74, 6) is 2.69. The predicted octanol–water partition coefficient (Wildman–Crippen LogP) is 2.62. The maximum absolute atomic E-state index is 10.6. The van der Waals surface area contributed by atoms with Crippen molar-refractivity contribution in [1.29, 1.82) is 0 Å². The van der Waals surface area contributed by atoms with Gasteiger partial charge < -0.3 is 20.5 Å². The van der Waals surface area contributed by atoms with Crippen molar-refractivity contribution in [2.24, 2.45) is 10.9 Å². The average molecular weight is 471 g/mol. The molecule has 0 amide bonds. The number of rotatable bonds is 11. The lowest BCUT2D eigenvalue weighted by molar-refractivity contribution is -0.0154.